The first kappa shape index (κ1) is 28.9. The lowest BCUT2D eigenvalue weighted by molar-refractivity contribution is -0.147. The lowest BCUT2D eigenvalue weighted by Crippen LogP contribution is -2.21. The van der Waals surface area contributed by atoms with E-state index in [-0.39, 0.29) is 24.2 Å². The molecule has 0 aliphatic carbocycles. The Kier molecular flexibility index (Phi) is 9.80. The molecule has 0 heterocycles. The maximum atomic E-state index is 12.2. The second-order valence-corrected chi connectivity index (χ2v) is 9.73. The van der Waals surface area contributed by atoms with E-state index in [1.165, 1.54) is 36.9 Å². The van der Waals surface area contributed by atoms with Crippen molar-refractivity contribution in [2.45, 2.75) is 39.0 Å². The molecule has 0 aliphatic rings. The third kappa shape index (κ3) is 9.30. The van der Waals surface area contributed by atoms with Gasteiger partial charge in [-0.2, -0.15) is 0 Å². The van der Waals surface area contributed by atoms with Crippen LogP contribution in [0.1, 0.15) is 49.5 Å². The maximum absolute atomic E-state index is 12.2. The summed E-state index contributed by atoms with van der Waals surface area (Å²) in [5.74, 6) is -0.752. The molecule has 204 valence electrons. The summed E-state index contributed by atoms with van der Waals surface area (Å²) >= 11 is 0. The van der Waals surface area contributed by atoms with Gasteiger partial charge in [-0.25, -0.2) is 4.79 Å². The molecule has 9 nitrogen and oxygen atoms in total. The van der Waals surface area contributed by atoms with Crippen molar-refractivity contribution in [1.82, 2.24) is 0 Å². The average molecular weight is 533 g/mol. The fourth-order valence-electron chi connectivity index (χ4n) is 3.43. The van der Waals surface area contributed by atoms with E-state index in [4.69, 9.17) is 9.47 Å². The number of carbonyl (C=O) groups excluding carboxylic acids is 4. The van der Waals surface area contributed by atoms with E-state index in [2.05, 4.69) is 36.1 Å². The van der Waals surface area contributed by atoms with Gasteiger partial charge in [0.15, 0.2) is 6.61 Å². The van der Waals surface area contributed by atoms with Crippen molar-refractivity contribution in [1.29, 1.82) is 0 Å². The van der Waals surface area contributed by atoms with Gasteiger partial charge >= 0.3 is 11.9 Å². The number of ether oxygens (including phenoxy) is 3. The molecule has 0 saturated carbocycles. The number of amides is 2. The predicted octanol–water partition coefficient (Wildman–Crippen LogP) is 5.46. The van der Waals surface area contributed by atoms with Gasteiger partial charge in [-0.1, -0.05) is 32.9 Å². The van der Waals surface area contributed by atoms with Crippen LogP contribution in [0.3, 0.4) is 0 Å². The van der Waals surface area contributed by atoms with Crippen LogP contribution in [-0.4, -0.2) is 37.5 Å². The fraction of sp³-hybridized carbons (Fsp3) is 0.267. The highest BCUT2D eigenvalue weighted by atomic mass is 16.5. The molecule has 0 aliphatic heterocycles. The zero-order chi connectivity index (χ0) is 28.4. The standard InChI is InChI=1S/C30H32N2O7/c1-30(2,3)21-7-13-24(14-8-21)39-25-15-11-23(12-16-25)31-26(33)17-18-28(35)38-19-27(34)32-22-9-5-20(6-10-22)29(36)37-4/h5-16H,17-19H2,1-4H3,(H,31,33)(H,32,34). The first-order valence-electron chi connectivity index (χ1n) is 12.4. The van der Waals surface area contributed by atoms with Gasteiger partial charge in [0.1, 0.15) is 11.5 Å². The average Bonchev–Trinajstić information content (AvgIpc) is 2.91. The van der Waals surface area contributed by atoms with Gasteiger partial charge in [-0.3, -0.25) is 14.4 Å². The van der Waals surface area contributed by atoms with Crippen LogP contribution in [0.4, 0.5) is 11.4 Å². The smallest absolute Gasteiger partial charge is 0.337 e. The van der Waals surface area contributed by atoms with Crippen LogP contribution in [-0.2, 0) is 29.3 Å². The van der Waals surface area contributed by atoms with Gasteiger partial charge in [-0.15, -0.1) is 0 Å². The first-order chi connectivity index (χ1) is 18.5. The summed E-state index contributed by atoms with van der Waals surface area (Å²) in [6.07, 6.45) is -0.285. The van der Waals surface area contributed by atoms with Crippen molar-refractivity contribution in [3.05, 3.63) is 83.9 Å². The minimum atomic E-state index is -0.678. The van der Waals surface area contributed by atoms with E-state index < -0.39 is 24.5 Å². The zero-order valence-electron chi connectivity index (χ0n) is 22.4. The van der Waals surface area contributed by atoms with E-state index >= 15 is 0 Å². The van der Waals surface area contributed by atoms with Crippen molar-refractivity contribution in [2.75, 3.05) is 24.4 Å². The molecule has 3 aromatic carbocycles. The van der Waals surface area contributed by atoms with Gasteiger partial charge in [0.2, 0.25) is 5.91 Å². The van der Waals surface area contributed by atoms with E-state index in [9.17, 15) is 19.2 Å². The minimum absolute atomic E-state index is 0.0615. The number of carbonyl (C=O) groups is 4. The Balaban J connectivity index is 1.37. The highest BCUT2D eigenvalue weighted by Gasteiger charge is 2.14. The Labute approximate surface area is 227 Å². The number of hydrogen-bond donors (Lipinski definition) is 2. The quantitative estimate of drug-likeness (QED) is 0.333. The number of methoxy groups -OCH3 is 1. The second kappa shape index (κ2) is 13.2. The molecular formula is C30H32N2O7. The molecule has 0 radical (unpaired) electrons. The minimum Gasteiger partial charge on any atom is -0.465 e. The normalized spacial score (nSPS) is 10.8. The Morgan fingerprint density at radius 2 is 1.21 bits per heavy atom. The number of anilines is 2. The summed E-state index contributed by atoms with van der Waals surface area (Å²) in [6.45, 7) is 5.95. The Morgan fingerprint density at radius 1 is 0.692 bits per heavy atom. The third-order valence-corrected chi connectivity index (χ3v) is 5.60. The fourth-order valence-corrected chi connectivity index (χ4v) is 3.43. The van der Waals surface area contributed by atoms with Gasteiger partial charge in [0.05, 0.1) is 19.1 Å². The van der Waals surface area contributed by atoms with Crippen LogP contribution < -0.4 is 15.4 Å². The zero-order valence-corrected chi connectivity index (χ0v) is 22.4. The number of rotatable bonds is 10. The summed E-state index contributed by atoms with van der Waals surface area (Å²) in [6, 6.07) is 20.8. The molecule has 0 atom stereocenters. The van der Waals surface area contributed by atoms with Crippen molar-refractivity contribution in [2.24, 2.45) is 0 Å². The first-order valence-corrected chi connectivity index (χ1v) is 12.4. The molecule has 2 N–H and O–H groups in total. The van der Waals surface area contributed by atoms with Gasteiger partial charge < -0.3 is 24.8 Å². The molecule has 3 aromatic rings. The van der Waals surface area contributed by atoms with Crippen LogP contribution in [0.15, 0.2) is 72.8 Å². The lowest BCUT2D eigenvalue weighted by Gasteiger charge is -2.19. The molecular weight excluding hydrogens is 500 g/mol. The molecule has 9 heteroatoms. The second-order valence-electron chi connectivity index (χ2n) is 9.73. The highest BCUT2D eigenvalue weighted by molar-refractivity contribution is 5.95. The summed E-state index contributed by atoms with van der Waals surface area (Å²) in [5.41, 5.74) is 2.60. The van der Waals surface area contributed by atoms with Gasteiger partial charge in [0.25, 0.3) is 5.91 Å². The summed E-state index contributed by atoms with van der Waals surface area (Å²) < 4.78 is 15.4. The maximum Gasteiger partial charge on any atom is 0.337 e. The van der Waals surface area contributed by atoms with Gasteiger partial charge in [-0.05, 0) is 71.6 Å². The molecule has 2 amide bonds. The molecule has 0 unspecified atom stereocenters. The summed E-state index contributed by atoms with van der Waals surface area (Å²) in [5, 5.41) is 5.26. The van der Waals surface area contributed by atoms with Crippen molar-refractivity contribution in [3.8, 4) is 11.5 Å². The van der Waals surface area contributed by atoms with E-state index in [1.807, 2.05) is 24.3 Å². The molecule has 0 fully saturated rings. The van der Waals surface area contributed by atoms with E-state index in [1.54, 1.807) is 24.3 Å². The monoisotopic (exact) mass is 532 g/mol. The summed E-state index contributed by atoms with van der Waals surface area (Å²) in [7, 11) is 1.28. The molecule has 3 rings (SSSR count). The van der Waals surface area contributed by atoms with Crippen molar-refractivity contribution < 1.29 is 33.4 Å². The van der Waals surface area contributed by atoms with Crippen LogP contribution in [0.25, 0.3) is 0 Å². The van der Waals surface area contributed by atoms with Crippen LogP contribution in [0.2, 0.25) is 0 Å². The summed E-state index contributed by atoms with van der Waals surface area (Å²) in [4.78, 5) is 47.6. The highest BCUT2D eigenvalue weighted by Crippen LogP contribution is 2.27. The Morgan fingerprint density at radius 3 is 1.74 bits per heavy atom. The number of nitrogens with one attached hydrogen (secondary N) is 2. The van der Waals surface area contributed by atoms with Crippen LogP contribution in [0.5, 0.6) is 11.5 Å². The lowest BCUT2D eigenvalue weighted by atomic mass is 9.87. The number of esters is 2. The van der Waals surface area contributed by atoms with Crippen molar-refractivity contribution >= 4 is 35.1 Å². The molecule has 0 bridgehead atoms. The van der Waals surface area contributed by atoms with E-state index in [0.29, 0.717) is 28.4 Å². The Hall–Kier alpha value is -4.66. The van der Waals surface area contributed by atoms with Gasteiger partial charge in [0, 0.05) is 17.8 Å². The predicted molar refractivity (Wildman–Crippen MR) is 147 cm³/mol. The van der Waals surface area contributed by atoms with Crippen LogP contribution in [0, 0.1) is 0 Å². The molecule has 0 saturated heterocycles. The van der Waals surface area contributed by atoms with E-state index in [0.717, 1.165) is 0 Å². The number of hydrogen-bond acceptors (Lipinski definition) is 7. The third-order valence-electron chi connectivity index (χ3n) is 5.60. The molecule has 39 heavy (non-hydrogen) atoms. The largest absolute Gasteiger partial charge is 0.465 e. The Bertz CT molecular complexity index is 1290. The molecule has 0 spiro atoms. The number of benzene rings is 3. The SMILES string of the molecule is COC(=O)c1ccc(NC(=O)COC(=O)CCC(=O)Nc2ccc(Oc3ccc(C(C)(C)C)cc3)cc2)cc1. The topological polar surface area (TPSA) is 120 Å². The molecule has 0 aromatic heterocycles. The van der Waals surface area contributed by atoms with Crippen LogP contribution >= 0.6 is 0 Å². The van der Waals surface area contributed by atoms with Crippen molar-refractivity contribution in [3.63, 3.8) is 0 Å².